The van der Waals surface area contributed by atoms with Crippen molar-refractivity contribution in [3.8, 4) is 5.75 Å². The summed E-state index contributed by atoms with van der Waals surface area (Å²) in [6.07, 6.45) is -1.46. The van der Waals surface area contributed by atoms with E-state index in [1.807, 2.05) is 36.4 Å². The summed E-state index contributed by atoms with van der Waals surface area (Å²) in [5, 5.41) is 18.3. The van der Waals surface area contributed by atoms with E-state index in [9.17, 15) is 24.3 Å². The summed E-state index contributed by atoms with van der Waals surface area (Å²) < 4.78 is 5.31. The van der Waals surface area contributed by atoms with Crippen molar-refractivity contribution < 1.29 is 29.0 Å². The molecule has 0 fully saturated rings. The number of primary amides is 1. The summed E-state index contributed by atoms with van der Waals surface area (Å²) in [6.45, 7) is 11.8. The Kier molecular flexibility index (Phi) is 9.50. The molecule has 2 atom stereocenters. The molecule has 0 spiro atoms. The molecule has 0 saturated heterocycles. The van der Waals surface area contributed by atoms with Gasteiger partial charge in [-0.25, -0.2) is 4.79 Å². The molecule has 10 nitrogen and oxygen atoms in total. The number of hydrogen-bond donors (Lipinski definition) is 4. The van der Waals surface area contributed by atoms with Gasteiger partial charge in [-0.3, -0.25) is 14.4 Å². The first-order valence-corrected chi connectivity index (χ1v) is 13.7. The van der Waals surface area contributed by atoms with E-state index in [4.69, 9.17) is 10.5 Å². The van der Waals surface area contributed by atoms with Crippen LogP contribution in [0.25, 0.3) is 10.8 Å². The number of nitrogens with two attached hydrogens (primary N) is 1. The Morgan fingerprint density at radius 1 is 0.929 bits per heavy atom. The highest BCUT2D eigenvalue weighted by molar-refractivity contribution is 6.01. The maximum atomic E-state index is 14.3. The van der Waals surface area contributed by atoms with Gasteiger partial charge in [0.15, 0.2) is 0 Å². The minimum atomic E-state index is -1.44. The van der Waals surface area contributed by atoms with Crippen molar-refractivity contribution in [3.63, 3.8) is 0 Å². The molecule has 0 saturated carbocycles. The van der Waals surface area contributed by atoms with Gasteiger partial charge < -0.3 is 31.1 Å². The first-order chi connectivity index (χ1) is 19.5. The lowest BCUT2D eigenvalue weighted by Gasteiger charge is -2.43. The number of phenols is 1. The molecular formula is C32H40N4O6. The van der Waals surface area contributed by atoms with Crippen LogP contribution >= 0.6 is 0 Å². The highest BCUT2D eigenvalue weighted by atomic mass is 16.6. The summed E-state index contributed by atoms with van der Waals surface area (Å²) in [5.41, 5.74) is 4.71. The minimum Gasteiger partial charge on any atom is -0.507 e. The Labute approximate surface area is 246 Å². The molecule has 224 valence electrons. The predicted octanol–water partition coefficient (Wildman–Crippen LogP) is 4.93. The highest BCUT2D eigenvalue weighted by Gasteiger charge is 2.43. The predicted molar refractivity (Wildman–Crippen MR) is 162 cm³/mol. The quantitative estimate of drug-likeness (QED) is 0.299. The lowest BCUT2D eigenvalue weighted by atomic mass is 9.93. The molecule has 3 aromatic rings. The lowest BCUT2D eigenvalue weighted by molar-refractivity contribution is -0.147. The van der Waals surface area contributed by atoms with Crippen molar-refractivity contribution in [2.45, 2.75) is 78.1 Å². The number of ether oxygens (including phenoxy) is 1. The van der Waals surface area contributed by atoms with Crippen LogP contribution in [0.3, 0.4) is 0 Å². The van der Waals surface area contributed by atoms with Crippen LogP contribution in [0.15, 0.2) is 60.7 Å². The number of rotatable bonds is 8. The van der Waals surface area contributed by atoms with Gasteiger partial charge in [0.2, 0.25) is 11.8 Å². The molecule has 0 aliphatic rings. The SMILES string of the molecule is Cc1cccc(C(C(=O)Nc2ccc3ccccc3c2)N(C(=O)C(CC(N)=O)NC(=O)OC(C)(C)C)C(C)(C)C)c1O. The van der Waals surface area contributed by atoms with Crippen LogP contribution in [0.4, 0.5) is 10.5 Å². The number of benzene rings is 3. The topological polar surface area (TPSA) is 151 Å². The maximum Gasteiger partial charge on any atom is 0.408 e. The zero-order valence-corrected chi connectivity index (χ0v) is 25.1. The fraction of sp³-hybridized carbons (Fsp3) is 0.375. The van der Waals surface area contributed by atoms with E-state index in [1.165, 1.54) is 4.90 Å². The van der Waals surface area contributed by atoms with Gasteiger partial charge in [-0.15, -0.1) is 0 Å². The third kappa shape index (κ3) is 7.99. The van der Waals surface area contributed by atoms with Crippen LogP contribution in [-0.4, -0.2) is 51.0 Å². The summed E-state index contributed by atoms with van der Waals surface area (Å²) in [7, 11) is 0. The largest absolute Gasteiger partial charge is 0.507 e. The Balaban J connectivity index is 2.12. The summed E-state index contributed by atoms with van der Waals surface area (Å²) in [5.74, 6) is -2.37. The third-order valence-corrected chi connectivity index (χ3v) is 6.44. The molecule has 0 radical (unpaired) electrons. The van der Waals surface area contributed by atoms with Crippen molar-refractivity contribution in [1.29, 1.82) is 0 Å². The third-order valence-electron chi connectivity index (χ3n) is 6.44. The Morgan fingerprint density at radius 3 is 2.17 bits per heavy atom. The number of phenolic OH excluding ortho intramolecular Hbond substituents is 1. The number of aryl methyl sites for hydroxylation is 1. The van der Waals surface area contributed by atoms with E-state index in [1.54, 1.807) is 72.7 Å². The second kappa shape index (κ2) is 12.5. The number of hydrogen-bond acceptors (Lipinski definition) is 6. The van der Waals surface area contributed by atoms with E-state index in [0.717, 1.165) is 10.8 Å². The van der Waals surface area contributed by atoms with Gasteiger partial charge >= 0.3 is 6.09 Å². The Hall–Kier alpha value is -4.60. The van der Waals surface area contributed by atoms with Crippen molar-refractivity contribution in [1.82, 2.24) is 10.2 Å². The fourth-order valence-electron chi connectivity index (χ4n) is 4.64. The van der Waals surface area contributed by atoms with E-state index in [2.05, 4.69) is 10.6 Å². The van der Waals surface area contributed by atoms with Gasteiger partial charge in [0.05, 0.1) is 6.42 Å². The van der Waals surface area contributed by atoms with Gasteiger partial charge in [0, 0.05) is 16.8 Å². The van der Waals surface area contributed by atoms with Crippen molar-refractivity contribution in [2.24, 2.45) is 5.73 Å². The average Bonchev–Trinajstić information content (AvgIpc) is 2.86. The van der Waals surface area contributed by atoms with Gasteiger partial charge in [0.1, 0.15) is 23.4 Å². The summed E-state index contributed by atoms with van der Waals surface area (Å²) in [6, 6.07) is 15.2. The molecule has 3 aromatic carbocycles. The van der Waals surface area contributed by atoms with Crippen LogP contribution in [0.1, 0.15) is 65.1 Å². The number of carbonyl (C=O) groups is 4. The van der Waals surface area contributed by atoms with E-state index >= 15 is 0 Å². The fourth-order valence-corrected chi connectivity index (χ4v) is 4.64. The molecule has 0 bridgehead atoms. The normalized spacial score (nSPS) is 13.1. The van der Waals surface area contributed by atoms with E-state index in [0.29, 0.717) is 11.3 Å². The Morgan fingerprint density at radius 2 is 1.57 bits per heavy atom. The smallest absolute Gasteiger partial charge is 0.408 e. The summed E-state index contributed by atoms with van der Waals surface area (Å²) in [4.78, 5) is 54.3. The number of aromatic hydroxyl groups is 1. The second-order valence-electron chi connectivity index (χ2n) is 12.2. The molecule has 5 N–H and O–H groups in total. The van der Waals surface area contributed by atoms with E-state index in [-0.39, 0.29) is 11.3 Å². The molecule has 10 heteroatoms. The van der Waals surface area contributed by atoms with Crippen molar-refractivity contribution in [2.75, 3.05) is 5.32 Å². The Bertz CT molecular complexity index is 1490. The number of nitrogens with zero attached hydrogens (tertiary/aromatic N) is 1. The van der Waals surface area contributed by atoms with Crippen molar-refractivity contribution in [3.05, 3.63) is 71.8 Å². The number of carbonyl (C=O) groups excluding carboxylic acids is 4. The van der Waals surface area contributed by atoms with Crippen LogP contribution < -0.4 is 16.4 Å². The van der Waals surface area contributed by atoms with Gasteiger partial charge in [0.25, 0.3) is 5.91 Å². The molecule has 4 amide bonds. The number of anilines is 1. The average molecular weight is 577 g/mol. The van der Waals surface area contributed by atoms with Crippen LogP contribution in [0.2, 0.25) is 0 Å². The van der Waals surface area contributed by atoms with Crippen LogP contribution in [-0.2, 0) is 19.1 Å². The van der Waals surface area contributed by atoms with Gasteiger partial charge in [-0.05, 0) is 76.9 Å². The number of nitrogens with one attached hydrogen (secondary N) is 2. The molecule has 0 aliphatic heterocycles. The number of para-hydroxylation sites is 1. The molecule has 42 heavy (non-hydrogen) atoms. The first-order valence-electron chi connectivity index (χ1n) is 13.7. The first kappa shape index (κ1) is 31.9. The zero-order valence-electron chi connectivity index (χ0n) is 25.1. The lowest BCUT2D eigenvalue weighted by Crippen LogP contribution is -2.58. The van der Waals surface area contributed by atoms with Crippen molar-refractivity contribution >= 4 is 40.3 Å². The van der Waals surface area contributed by atoms with Crippen LogP contribution in [0, 0.1) is 6.92 Å². The molecule has 2 unspecified atom stereocenters. The van der Waals surface area contributed by atoms with E-state index < -0.39 is 53.5 Å². The second-order valence-corrected chi connectivity index (χ2v) is 12.2. The highest BCUT2D eigenvalue weighted by Crippen LogP contribution is 2.37. The number of alkyl carbamates (subject to hydrolysis) is 1. The maximum absolute atomic E-state index is 14.3. The number of fused-ring (bicyclic) bond motifs is 1. The van der Waals surface area contributed by atoms with Crippen LogP contribution in [0.5, 0.6) is 5.75 Å². The zero-order chi connectivity index (χ0) is 31.4. The molecule has 0 aromatic heterocycles. The molecule has 0 aliphatic carbocycles. The standard InChI is InChI=1S/C32H40N4O6/c1-19-11-10-14-23(27(19)38)26(28(39)34-22-16-15-20-12-8-9-13-21(20)17-22)36(31(2,3)4)29(40)24(18-25(33)37)35-30(41)42-32(5,6)7/h8-17,24,26,38H,18H2,1-7H3,(H2,33,37)(H,34,39)(H,35,41). The molecule has 0 heterocycles. The molecular weight excluding hydrogens is 536 g/mol. The summed E-state index contributed by atoms with van der Waals surface area (Å²) >= 11 is 0. The minimum absolute atomic E-state index is 0.162. The number of amides is 4. The van der Waals surface area contributed by atoms with Gasteiger partial charge in [-0.1, -0.05) is 48.5 Å². The monoisotopic (exact) mass is 576 g/mol. The molecule has 3 rings (SSSR count). The van der Waals surface area contributed by atoms with Gasteiger partial charge in [-0.2, -0.15) is 0 Å².